The summed E-state index contributed by atoms with van der Waals surface area (Å²) in [6, 6.07) is 4.45. The topological polar surface area (TPSA) is 63.8 Å². The number of nitrogens with two attached hydrogens (primary N) is 1. The molecular weight excluding hydrogens is 255 g/mol. The van der Waals surface area contributed by atoms with E-state index in [4.69, 9.17) is 17.4 Å². The monoisotopic (exact) mass is 266 g/mol. The second-order valence-electron chi connectivity index (χ2n) is 3.80. The van der Waals surface area contributed by atoms with E-state index in [1.165, 1.54) is 12.1 Å². The summed E-state index contributed by atoms with van der Waals surface area (Å²) in [5.41, 5.74) is 4.13. The van der Waals surface area contributed by atoms with Crippen molar-refractivity contribution in [2.45, 2.75) is 12.5 Å². The zero-order valence-corrected chi connectivity index (χ0v) is 10.2. The fourth-order valence-corrected chi connectivity index (χ4v) is 1.76. The van der Waals surface area contributed by atoms with Crippen LogP contribution in [-0.2, 0) is 6.42 Å². The van der Waals surface area contributed by atoms with E-state index in [-0.39, 0.29) is 11.1 Å². The van der Waals surface area contributed by atoms with Crippen LogP contribution in [0.1, 0.15) is 17.3 Å². The van der Waals surface area contributed by atoms with Gasteiger partial charge in [0, 0.05) is 12.4 Å². The second-order valence-corrected chi connectivity index (χ2v) is 4.21. The molecule has 4 nitrogen and oxygen atoms in total. The molecule has 0 aliphatic heterocycles. The van der Waals surface area contributed by atoms with Gasteiger partial charge in [-0.1, -0.05) is 17.7 Å². The number of hydrazine groups is 1. The highest BCUT2D eigenvalue weighted by Crippen LogP contribution is 2.20. The molecule has 0 fully saturated rings. The molecule has 1 atom stereocenters. The first-order valence-electron chi connectivity index (χ1n) is 5.36. The Morgan fingerprint density at radius 1 is 1.39 bits per heavy atom. The van der Waals surface area contributed by atoms with Gasteiger partial charge in [-0.25, -0.2) is 4.39 Å². The van der Waals surface area contributed by atoms with Gasteiger partial charge in [0.05, 0.1) is 23.0 Å². The van der Waals surface area contributed by atoms with Gasteiger partial charge in [0.2, 0.25) is 0 Å². The van der Waals surface area contributed by atoms with Gasteiger partial charge < -0.3 is 0 Å². The number of nitrogens with one attached hydrogen (secondary N) is 1. The maximum atomic E-state index is 13.3. The Bertz CT molecular complexity index is 521. The molecule has 2 aromatic rings. The molecule has 0 saturated heterocycles. The van der Waals surface area contributed by atoms with Gasteiger partial charge >= 0.3 is 0 Å². The minimum absolute atomic E-state index is 0.107. The van der Waals surface area contributed by atoms with Crippen molar-refractivity contribution in [1.82, 2.24) is 15.4 Å². The number of rotatable bonds is 4. The number of benzene rings is 1. The lowest BCUT2D eigenvalue weighted by Gasteiger charge is -2.15. The van der Waals surface area contributed by atoms with Crippen molar-refractivity contribution in [2.75, 3.05) is 0 Å². The maximum Gasteiger partial charge on any atom is 0.142 e. The van der Waals surface area contributed by atoms with E-state index >= 15 is 0 Å². The Labute approximate surface area is 109 Å². The van der Waals surface area contributed by atoms with E-state index in [1.807, 2.05) is 0 Å². The summed E-state index contributed by atoms with van der Waals surface area (Å²) in [6.07, 6.45) is 5.29. The number of nitrogens with zero attached hydrogens (tertiary/aromatic N) is 2. The zero-order valence-electron chi connectivity index (χ0n) is 9.48. The average Bonchev–Trinajstić information content (AvgIpc) is 2.41. The molecule has 0 amide bonds. The molecule has 0 aliphatic rings. The average molecular weight is 267 g/mol. The first kappa shape index (κ1) is 12.9. The standard InChI is InChI=1S/C12H12ClFN4/c13-9-2-1-8(5-10(9)14)6-11(18-15)12-7-16-3-4-17-12/h1-5,7,11,18H,6,15H2. The lowest BCUT2D eigenvalue weighted by Crippen LogP contribution is -2.30. The SMILES string of the molecule is NNC(Cc1ccc(Cl)c(F)c1)c1cnccn1. The van der Waals surface area contributed by atoms with E-state index in [2.05, 4.69) is 15.4 Å². The summed E-state index contributed by atoms with van der Waals surface area (Å²) in [7, 11) is 0. The number of aromatic nitrogens is 2. The van der Waals surface area contributed by atoms with Gasteiger partial charge in [0.15, 0.2) is 0 Å². The zero-order chi connectivity index (χ0) is 13.0. The molecule has 0 spiro atoms. The number of halogens is 2. The first-order chi connectivity index (χ1) is 8.70. The first-order valence-corrected chi connectivity index (χ1v) is 5.74. The molecule has 1 heterocycles. The van der Waals surface area contributed by atoms with Crippen LogP contribution in [0.2, 0.25) is 5.02 Å². The molecular formula is C12H12ClFN4. The highest BCUT2D eigenvalue weighted by Gasteiger charge is 2.13. The Balaban J connectivity index is 2.18. The molecule has 0 bridgehead atoms. The highest BCUT2D eigenvalue weighted by molar-refractivity contribution is 6.30. The van der Waals surface area contributed by atoms with Crippen molar-refractivity contribution in [1.29, 1.82) is 0 Å². The van der Waals surface area contributed by atoms with Crippen molar-refractivity contribution >= 4 is 11.6 Å². The third-order valence-corrected chi connectivity index (χ3v) is 2.87. The summed E-state index contributed by atoms with van der Waals surface area (Å²) in [5.74, 6) is 5.04. The Morgan fingerprint density at radius 3 is 2.83 bits per heavy atom. The predicted octanol–water partition coefficient (Wildman–Crippen LogP) is 2.02. The summed E-state index contributed by atoms with van der Waals surface area (Å²) in [6.45, 7) is 0. The van der Waals surface area contributed by atoms with Crippen molar-refractivity contribution in [3.63, 3.8) is 0 Å². The van der Waals surface area contributed by atoms with Crippen molar-refractivity contribution in [2.24, 2.45) is 5.84 Å². The molecule has 1 unspecified atom stereocenters. The highest BCUT2D eigenvalue weighted by atomic mass is 35.5. The van der Waals surface area contributed by atoms with Gasteiger partial charge in [0.25, 0.3) is 0 Å². The molecule has 6 heteroatoms. The smallest absolute Gasteiger partial charge is 0.142 e. The number of hydrogen-bond acceptors (Lipinski definition) is 4. The normalized spacial score (nSPS) is 12.4. The van der Waals surface area contributed by atoms with Crippen LogP contribution in [0.15, 0.2) is 36.8 Å². The molecule has 2 rings (SSSR count). The third-order valence-electron chi connectivity index (χ3n) is 2.57. The van der Waals surface area contributed by atoms with Gasteiger partial charge in [-0.05, 0) is 24.1 Å². The van der Waals surface area contributed by atoms with E-state index in [1.54, 1.807) is 24.7 Å². The molecule has 94 valence electrons. The van der Waals surface area contributed by atoms with Gasteiger partial charge in [-0.2, -0.15) is 0 Å². The quantitative estimate of drug-likeness (QED) is 0.656. The van der Waals surface area contributed by atoms with Gasteiger partial charge in [-0.3, -0.25) is 21.2 Å². The van der Waals surface area contributed by atoms with Crippen molar-refractivity contribution < 1.29 is 4.39 Å². The van der Waals surface area contributed by atoms with Crippen LogP contribution in [0, 0.1) is 5.82 Å². The molecule has 0 saturated carbocycles. The van der Waals surface area contributed by atoms with Crippen molar-refractivity contribution in [3.8, 4) is 0 Å². The molecule has 0 aliphatic carbocycles. The van der Waals surface area contributed by atoms with Crippen LogP contribution in [-0.4, -0.2) is 9.97 Å². The van der Waals surface area contributed by atoms with Crippen LogP contribution in [0.25, 0.3) is 0 Å². The second kappa shape index (κ2) is 5.86. The number of hydrogen-bond donors (Lipinski definition) is 2. The maximum absolute atomic E-state index is 13.3. The fraction of sp³-hybridized carbons (Fsp3) is 0.167. The van der Waals surface area contributed by atoms with E-state index < -0.39 is 5.82 Å². The van der Waals surface area contributed by atoms with Gasteiger partial charge in [-0.15, -0.1) is 0 Å². The molecule has 0 radical (unpaired) electrons. The van der Waals surface area contributed by atoms with Crippen molar-refractivity contribution in [3.05, 3.63) is 58.9 Å². The summed E-state index contributed by atoms with van der Waals surface area (Å²) in [5, 5.41) is 0.107. The molecule has 18 heavy (non-hydrogen) atoms. The van der Waals surface area contributed by atoms with E-state index in [0.29, 0.717) is 12.1 Å². The lowest BCUT2D eigenvalue weighted by molar-refractivity contribution is 0.533. The fourth-order valence-electron chi connectivity index (χ4n) is 1.64. The summed E-state index contributed by atoms with van der Waals surface area (Å²) >= 11 is 5.63. The third kappa shape index (κ3) is 3.01. The van der Waals surface area contributed by atoms with Crippen LogP contribution in [0.3, 0.4) is 0 Å². The summed E-state index contributed by atoms with van der Waals surface area (Å²) < 4.78 is 13.3. The van der Waals surface area contributed by atoms with Crippen LogP contribution < -0.4 is 11.3 Å². The van der Waals surface area contributed by atoms with Gasteiger partial charge in [0.1, 0.15) is 5.82 Å². The Morgan fingerprint density at radius 2 is 2.22 bits per heavy atom. The summed E-state index contributed by atoms with van der Waals surface area (Å²) in [4.78, 5) is 8.13. The molecule has 1 aromatic carbocycles. The minimum atomic E-state index is -0.441. The minimum Gasteiger partial charge on any atom is -0.271 e. The Kier molecular flexibility index (Phi) is 4.19. The van der Waals surface area contributed by atoms with Crippen LogP contribution >= 0.6 is 11.6 Å². The molecule has 1 aromatic heterocycles. The molecule has 3 N–H and O–H groups in total. The largest absolute Gasteiger partial charge is 0.271 e. The van der Waals surface area contributed by atoms with E-state index in [0.717, 1.165) is 5.56 Å². The lowest BCUT2D eigenvalue weighted by atomic mass is 10.0. The predicted molar refractivity (Wildman–Crippen MR) is 67.2 cm³/mol. The Hall–Kier alpha value is -1.56. The van der Waals surface area contributed by atoms with Crippen LogP contribution in [0.5, 0.6) is 0 Å². The van der Waals surface area contributed by atoms with Crippen LogP contribution in [0.4, 0.5) is 4.39 Å². The van der Waals surface area contributed by atoms with E-state index in [9.17, 15) is 4.39 Å².